The molecule has 0 radical (unpaired) electrons. The smallest absolute Gasteiger partial charge is 0.409 e. The molecule has 180 valence electrons. The van der Waals surface area contributed by atoms with Crippen LogP contribution in [-0.2, 0) is 16.1 Å². The number of hydrazine groups is 1. The maximum absolute atomic E-state index is 11.9. The van der Waals surface area contributed by atoms with E-state index in [4.69, 9.17) is 9.47 Å². The molecule has 0 bridgehead atoms. The van der Waals surface area contributed by atoms with Crippen LogP contribution in [0.4, 0.5) is 4.79 Å². The Morgan fingerprint density at radius 3 is 2.03 bits per heavy atom. The average molecular weight is 438 g/mol. The SMILES string of the molecule is C=C(C)[C@@H](COCc1ccccc1)NNC(C)(C)NC(=O)OC(C)(C)C.CC.CCC. The van der Waals surface area contributed by atoms with E-state index in [1.165, 1.54) is 6.42 Å². The van der Waals surface area contributed by atoms with Gasteiger partial charge in [-0.15, -0.1) is 0 Å². The van der Waals surface area contributed by atoms with Gasteiger partial charge in [0.25, 0.3) is 0 Å². The van der Waals surface area contributed by atoms with E-state index in [1.807, 2.05) is 85.7 Å². The van der Waals surface area contributed by atoms with Crippen LogP contribution in [0.3, 0.4) is 0 Å². The van der Waals surface area contributed by atoms with Crippen LogP contribution in [0.15, 0.2) is 42.5 Å². The van der Waals surface area contributed by atoms with Gasteiger partial charge < -0.3 is 14.8 Å². The average Bonchev–Trinajstić information content (AvgIpc) is 2.65. The van der Waals surface area contributed by atoms with E-state index < -0.39 is 17.4 Å². The predicted molar refractivity (Wildman–Crippen MR) is 132 cm³/mol. The van der Waals surface area contributed by atoms with E-state index in [9.17, 15) is 4.79 Å². The number of carbonyl (C=O) groups is 1. The molecule has 3 N–H and O–H groups in total. The second-order valence-corrected chi connectivity index (χ2v) is 8.63. The molecule has 0 saturated carbocycles. The molecule has 0 saturated heterocycles. The summed E-state index contributed by atoms with van der Waals surface area (Å²) in [6.45, 7) is 24.3. The van der Waals surface area contributed by atoms with Gasteiger partial charge in [0, 0.05) is 0 Å². The highest BCUT2D eigenvalue weighted by Gasteiger charge is 2.25. The maximum atomic E-state index is 11.9. The Balaban J connectivity index is 0. The summed E-state index contributed by atoms with van der Waals surface area (Å²) in [7, 11) is 0. The minimum absolute atomic E-state index is 0.0987. The first-order valence-electron chi connectivity index (χ1n) is 11.2. The molecule has 6 nitrogen and oxygen atoms in total. The van der Waals surface area contributed by atoms with Gasteiger partial charge in [0.15, 0.2) is 0 Å². The van der Waals surface area contributed by atoms with Gasteiger partial charge in [-0.25, -0.2) is 15.6 Å². The lowest BCUT2D eigenvalue weighted by Gasteiger charge is -2.32. The number of rotatable bonds is 9. The summed E-state index contributed by atoms with van der Waals surface area (Å²) in [6.07, 6.45) is 0.768. The molecule has 6 heteroatoms. The van der Waals surface area contributed by atoms with Crippen LogP contribution in [0.1, 0.15) is 81.2 Å². The van der Waals surface area contributed by atoms with E-state index in [-0.39, 0.29) is 6.04 Å². The number of alkyl carbamates (subject to hydrolysis) is 1. The standard InChI is InChI=1S/C20H33N3O3.C3H8.C2H6/c1-15(2)17(14-25-13-16-11-9-8-10-12-16)22-23-20(6,7)21-18(24)26-19(3,4)5;1-3-2;1-2/h8-12,17,22-23H,1,13-14H2,2-7H3,(H,21,24);3H2,1-2H3;1-2H3/t17-;;/m1../s1. The lowest BCUT2D eigenvalue weighted by atomic mass is 10.1. The highest BCUT2D eigenvalue weighted by Crippen LogP contribution is 2.09. The van der Waals surface area contributed by atoms with Crippen molar-refractivity contribution in [3.05, 3.63) is 48.0 Å². The molecule has 1 aromatic rings. The van der Waals surface area contributed by atoms with Crippen molar-refractivity contribution in [2.45, 2.75) is 99.6 Å². The highest BCUT2D eigenvalue weighted by molar-refractivity contribution is 5.68. The van der Waals surface area contributed by atoms with Crippen molar-refractivity contribution in [1.82, 2.24) is 16.2 Å². The molecule has 1 rings (SSSR count). The molecule has 0 spiro atoms. The van der Waals surface area contributed by atoms with Gasteiger partial charge in [-0.1, -0.05) is 76.6 Å². The quantitative estimate of drug-likeness (QED) is 0.253. The number of carbonyl (C=O) groups excluding carboxylic acids is 1. The molecular formula is C25H47N3O3. The van der Waals surface area contributed by atoms with Gasteiger partial charge in [0.05, 0.1) is 19.3 Å². The topological polar surface area (TPSA) is 71.6 Å². The first-order valence-corrected chi connectivity index (χ1v) is 11.2. The van der Waals surface area contributed by atoms with Crippen LogP contribution in [0, 0.1) is 0 Å². The number of nitrogens with one attached hydrogen (secondary N) is 3. The number of ether oxygens (including phenoxy) is 2. The van der Waals surface area contributed by atoms with Crippen molar-refractivity contribution >= 4 is 6.09 Å². The normalized spacial score (nSPS) is 11.8. The molecule has 0 fully saturated rings. The molecule has 1 aromatic carbocycles. The van der Waals surface area contributed by atoms with E-state index in [0.717, 1.165) is 11.1 Å². The zero-order valence-corrected chi connectivity index (χ0v) is 21.5. The summed E-state index contributed by atoms with van der Waals surface area (Å²) in [5.74, 6) is 0. The molecule has 31 heavy (non-hydrogen) atoms. The molecule has 0 unspecified atom stereocenters. The van der Waals surface area contributed by atoms with E-state index in [1.54, 1.807) is 0 Å². The van der Waals surface area contributed by atoms with Crippen LogP contribution in [0.25, 0.3) is 0 Å². The second-order valence-electron chi connectivity index (χ2n) is 8.63. The fourth-order valence-electron chi connectivity index (χ4n) is 2.03. The van der Waals surface area contributed by atoms with Crippen LogP contribution in [-0.4, -0.2) is 30.0 Å². The first kappa shape index (κ1) is 31.3. The maximum Gasteiger partial charge on any atom is 0.409 e. The largest absolute Gasteiger partial charge is 0.444 e. The Bertz CT molecular complexity index is 596. The monoisotopic (exact) mass is 437 g/mol. The second kappa shape index (κ2) is 16.8. The lowest BCUT2D eigenvalue weighted by molar-refractivity contribution is 0.0430. The highest BCUT2D eigenvalue weighted by atomic mass is 16.6. The summed E-state index contributed by atoms with van der Waals surface area (Å²) in [5, 5.41) is 2.78. The van der Waals surface area contributed by atoms with Gasteiger partial charge in [0.2, 0.25) is 0 Å². The zero-order valence-electron chi connectivity index (χ0n) is 21.5. The Labute approximate surface area is 191 Å². The fraction of sp³-hybridized carbons (Fsp3) is 0.640. The Morgan fingerprint density at radius 1 is 1.06 bits per heavy atom. The summed E-state index contributed by atoms with van der Waals surface area (Å²) in [6, 6.07) is 9.90. The van der Waals surface area contributed by atoms with Gasteiger partial charge in [-0.3, -0.25) is 0 Å². The van der Waals surface area contributed by atoms with Crippen molar-refractivity contribution < 1.29 is 14.3 Å². The molecule has 0 aliphatic carbocycles. The van der Waals surface area contributed by atoms with Gasteiger partial charge in [0.1, 0.15) is 11.3 Å². The fourth-order valence-corrected chi connectivity index (χ4v) is 2.03. The Kier molecular flexibility index (Phi) is 16.9. The summed E-state index contributed by atoms with van der Waals surface area (Å²) in [5.41, 5.74) is 7.06. The molecule has 0 aromatic heterocycles. The molecule has 0 aliphatic heterocycles. The Hall–Kier alpha value is -1.89. The van der Waals surface area contributed by atoms with Gasteiger partial charge >= 0.3 is 6.09 Å². The van der Waals surface area contributed by atoms with E-state index >= 15 is 0 Å². The number of hydrogen-bond donors (Lipinski definition) is 3. The first-order chi connectivity index (χ1) is 14.4. The van der Waals surface area contributed by atoms with E-state index in [2.05, 4.69) is 36.6 Å². The minimum Gasteiger partial charge on any atom is -0.444 e. The lowest BCUT2D eigenvalue weighted by Crippen LogP contribution is -2.62. The van der Waals surface area contributed by atoms with Gasteiger partial charge in [-0.2, -0.15) is 0 Å². The third-order valence-corrected chi connectivity index (χ3v) is 3.36. The van der Waals surface area contributed by atoms with Crippen LogP contribution < -0.4 is 16.2 Å². The molecular weight excluding hydrogens is 390 g/mol. The van der Waals surface area contributed by atoms with Crippen LogP contribution in [0.5, 0.6) is 0 Å². The molecule has 0 aliphatic rings. The van der Waals surface area contributed by atoms with Crippen LogP contribution >= 0.6 is 0 Å². The summed E-state index contributed by atoms with van der Waals surface area (Å²) >= 11 is 0. The van der Waals surface area contributed by atoms with Crippen molar-refractivity contribution in [2.75, 3.05) is 6.61 Å². The molecule has 1 amide bonds. The summed E-state index contributed by atoms with van der Waals surface area (Å²) in [4.78, 5) is 11.9. The van der Waals surface area contributed by atoms with Crippen molar-refractivity contribution in [3.8, 4) is 0 Å². The molecule has 1 atom stereocenters. The van der Waals surface area contributed by atoms with E-state index in [0.29, 0.717) is 13.2 Å². The van der Waals surface area contributed by atoms with Crippen molar-refractivity contribution in [1.29, 1.82) is 0 Å². The molecule has 0 heterocycles. The number of hydrogen-bond acceptors (Lipinski definition) is 5. The van der Waals surface area contributed by atoms with Crippen molar-refractivity contribution in [3.63, 3.8) is 0 Å². The number of benzene rings is 1. The Morgan fingerprint density at radius 2 is 1.58 bits per heavy atom. The summed E-state index contributed by atoms with van der Waals surface area (Å²) < 4.78 is 11.1. The third-order valence-electron chi connectivity index (χ3n) is 3.36. The third kappa shape index (κ3) is 18.6. The van der Waals surface area contributed by atoms with Crippen molar-refractivity contribution in [2.24, 2.45) is 0 Å². The predicted octanol–water partition coefficient (Wildman–Crippen LogP) is 5.95. The van der Waals surface area contributed by atoms with Gasteiger partial charge in [-0.05, 0) is 47.1 Å². The van der Waals surface area contributed by atoms with Crippen LogP contribution in [0.2, 0.25) is 0 Å². The zero-order chi connectivity index (χ0) is 24.5. The number of amides is 1. The minimum atomic E-state index is -0.713.